The van der Waals surface area contributed by atoms with Crippen LogP contribution in [-0.4, -0.2) is 18.0 Å². The summed E-state index contributed by atoms with van der Waals surface area (Å²) in [6.07, 6.45) is 3.73. The lowest BCUT2D eigenvalue weighted by atomic mass is 9.88. The van der Waals surface area contributed by atoms with Gasteiger partial charge in [-0.3, -0.25) is 4.90 Å². The number of unbranched alkanes of at least 4 members (excludes halogenated alkanes) is 1. The molecule has 0 aromatic heterocycles. The minimum atomic E-state index is 0.438. The molecule has 20 heavy (non-hydrogen) atoms. The van der Waals surface area contributed by atoms with Crippen LogP contribution >= 0.6 is 0 Å². The third-order valence-electron chi connectivity index (χ3n) is 4.30. The third kappa shape index (κ3) is 2.64. The predicted molar refractivity (Wildman–Crippen MR) is 84.9 cm³/mol. The Hall–Kier alpha value is -1.60. The highest BCUT2D eigenvalue weighted by molar-refractivity contribution is 5.39. The summed E-state index contributed by atoms with van der Waals surface area (Å²) in [5.74, 6) is 0. The zero-order valence-corrected chi connectivity index (χ0v) is 12.3. The van der Waals surface area contributed by atoms with Crippen LogP contribution < -0.4 is 0 Å². The fourth-order valence-corrected chi connectivity index (χ4v) is 3.25. The number of rotatable bonds is 4. The number of fused-ring (bicyclic) bond motifs is 1. The van der Waals surface area contributed by atoms with Crippen LogP contribution in [0.2, 0.25) is 0 Å². The average Bonchev–Trinajstić information content (AvgIpc) is 2.53. The fourth-order valence-electron chi connectivity index (χ4n) is 3.25. The maximum absolute atomic E-state index is 2.65. The van der Waals surface area contributed by atoms with Gasteiger partial charge in [0, 0.05) is 6.54 Å². The van der Waals surface area contributed by atoms with Gasteiger partial charge in [0.2, 0.25) is 0 Å². The fraction of sp³-hybridized carbons (Fsp3) is 0.368. The van der Waals surface area contributed by atoms with Gasteiger partial charge in [0.15, 0.2) is 0 Å². The molecule has 1 heteroatoms. The van der Waals surface area contributed by atoms with E-state index >= 15 is 0 Å². The topological polar surface area (TPSA) is 3.24 Å². The lowest BCUT2D eigenvalue weighted by Gasteiger charge is -2.37. The molecule has 0 saturated carbocycles. The Morgan fingerprint density at radius 2 is 1.75 bits per heavy atom. The van der Waals surface area contributed by atoms with Gasteiger partial charge in [-0.15, -0.1) is 0 Å². The highest BCUT2D eigenvalue weighted by Gasteiger charge is 2.27. The molecule has 104 valence electrons. The van der Waals surface area contributed by atoms with Crippen molar-refractivity contribution in [3.63, 3.8) is 0 Å². The highest BCUT2D eigenvalue weighted by atomic mass is 15.2. The number of nitrogens with zero attached hydrogens (tertiary/aromatic N) is 1. The maximum atomic E-state index is 2.65. The van der Waals surface area contributed by atoms with E-state index in [0.717, 1.165) is 0 Å². The first-order valence-electron chi connectivity index (χ1n) is 7.77. The molecule has 1 atom stereocenters. The van der Waals surface area contributed by atoms with E-state index in [1.165, 1.54) is 49.0 Å². The van der Waals surface area contributed by atoms with Crippen molar-refractivity contribution >= 4 is 0 Å². The van der Waals surface area contributed by atoms with Crippen molar-refractivity contribution in [1.82, 2.24) is 4.90 Å². The SMILES string of the molecule is CCCCN1CCc2ccccc2C1c1ccccc1. The molecule has 0 spiro atoms. The second-order valence-corrected chi connectivity index (χ2v) is 5.65. The van der Waals surface area contributed by atoms with E-state index in [9.17, 15) is 0 Å². The van der Waals surface area contributed by atoms with E-state index in [0.29, 0.717) is 6.04 Å². The Kier molecular flexibility index (Phi) is 4.17. The van der Waals surface area contributed by atoms with E-state index in [1.54, 1.807) is 0 Å². The van der Waals surface area contributed by atoms with Gasteiger partial charge in [0.05, 0.1) is 6.04 Å². The molecule has 1 nitrogen and oxygen atoms in total. The zero-order valence-electron chi connectivity index (χ0n) is 12.3. The van der Waals surface area contributed by atoms with E-state index in [1.807, 2.05) is 0 Å². The summed E-state index contributed by atoms with van der Waals surface area (Å²) in [5, 5.41) is 0. The Balaban J connectivity index is 1.98. The Labute approximate surface area is 122 Å². The predicted octanol–water partition coefficient (Wildman–Crippen LogP) is 4.43. The summed E-state index contributed by atoms with van der Waals surface area (Å²) in [4.78, 5) is 2.65. The normalized spacial score (nSPS) is 18.8. The van der Waals surface area contributed by atoms with E-state index in [2.05, 4.69) is 66.4 Å². The summed E-state index contributed by atoms with van der Waals surface area (Å²) >= 11 is 0. The molecule has 1 heterocycles. The first kappa shape index (κ1) is 13.4. The molecule has 0 aliphatic carbocycles. The van der Waals surface area contributed by atoms with Crippen molar-refractivity contribution in [2.24, 2.45) is 0 Å². The lowest BCUT2D eigenvalue weighted by molar-refractivity contribution is 0.210. The first-order chi connectivity index (χ1) is 9.90. The zero-order chi connectivity index (χ0) is 13.8. The lowest BCUT2D eigenvalue weighted by Crippen LogP contribution is -2.36. The summed E-state index contributed by atoms with van der Waals surface area (Å²) in [5.41, 5.74) is 4.45. The van der Waals surface area contributed by atoms with E-state index in [4.69, 9.17) is 0 Å². The van der Waals surface area contributed by atoms with Gasteiger partial charge < -0.3 is 0 Å². The first-order valence-corrected chi connectivity index (χ1v) is 7.77. The standard InChI is InChI=1S/C19H23N/c1-2-3-14-20-15-13-16-9-7-8-12-18(16)19(20)17-10-5-4-6-11-17/h4-12,19H,2-3,13-15H2,1H3. The van der Waals surface area contributed by atoms with Crippen LogP contribution in [-0.2, 0) is 6.42 Å². The second kappa shape index (κ2) is 6.23. The van der Waals surface area contributed by atoms with Gasteiger partial charge in [-0.1, -0.05) is 67.9 Å². The van der Waals surface area contributed by atoms with Crippen LogP contribution in [0.4, 0.5) is 0 Å². The molecule has 1 unspecified atom stereocenters. The Morgan fingerprint density at radius 1 is 1.00 bits per heavy atom. The molecule has 3 rings (SSSR count). The van der Waals surface area contributed by atoms with Gasteiger partial charge in [0.25, 0.3) is 0 Å². The highest BCUT2D eigenvalue weighted by Crippen LogP contribution is 2.34. The van der Waals surface area contributed by atoms with Crippen LogP contribution in [0.5, 0.6) is 0 Å². The van der Waals surface area contributed by atoms with Crippen LogP contribution in [0, 0.1) is 0 Å². The largest absolute Gasteiger partial charge is 0.292 e. The summed E-state index contributed by atoms with van der Waals surface area (Å²) in [7, 11) is 0. The summed E-state index contributed by atoms with van der Waals surface area (Å²) in [6.45, 7) is 4.65. The monoisotopic (exact) mass is 265 g/mol. The van der Waals surface area contributed by atoms with E-state index < -0.39 is 0 Å². The number of hydrogen-bond donors (Lipinski definition) is 0. The molecule has 2 aromatic carbocycles. The van der Waals surface area contributed by atoms with Crippen LogP contribution in [0.1, 0.15) is 42.5 Å². The Morgan fingerprint density at radius 3 is 2.55 bits per heavy atom. The molecule has 2 aromatic rings. The van der Waals surface area contributed by atoms with Crippen LogP contribution in [0.25, 0.3) is 0 Å². The quantitative estimate of drug-likeness (QED) is 0.790. The molecule has 1 aliphatic heterocycles. The molecule has 0 saturated heterocycles. The molecular weight excluding hydrogens is 242 g/mol. The van der Waals surface area contributed by atoms with Gasteiger partial charge in [-0.2, -0.15) is 0 Å². The number of benzene rings is 2. The van der Waals surface area contributed by atoms with Crippen LogP contribution in [0.15, 0.2) is 54.6 Å². The van der Waals surface area contributed by atoms with Crippen molar-refractivity contribution < 1.29 is 0 Å². The van der Waals surface area contributed by atoms with Gasteiger partial charge >= 0.3 is 0 Å². The maximum Gasteiger partial charge on any atom is 0.0604 e. The molecule has 0 radical (unpaired) electrons. The van der Waals surface area contributed by atoms with Crippen molar-refractivity contribution in [2.45, 2.75) is 32.2 Å². The average molecular weight is 265 g/mol. The molecule has 1 aliphatic rings. The van der Waals surface area contributed by atoms with E-state index in [-0.39, 0.29) is 0 Å². The second-order valence-electron chi connectivity index (χ2n) is 5.65. The van der Waals surface area contributed by atoms with Gasteiger partial charge in [-0.25, -0.2) is 0 Å². The molecule has 0 bridgehead atoms. The minimum absolute atomic E-state index is 0.438. The Bertz CT molecular complexity index is 547. The molecule has 0 fully saturated rings. The van der Waals surface area contributed by atoms with Gasteiger partial charge in [-0.05, 0) is 36.1 Å². The van der Waals surface area contributed by atoms with Crippen molar-refractivity contribution in [2.75, 3.05) is 13.1 Å². The third-order valence-corrected chi connectivity index (χ3v) is 4.30. The molecular formula is C19H23N. The van der Waals surface area contributed by atoms with Crippen molar-refractivity contribution in [3.05, 3.63) is 71.3 Å². The number of hydrogen-bond acceptors (Lipinski definition) is 1. The summed E-state index contributed by atoms with van der Waals surface area (Å²) < 4.78 is 0. The summed E-state index contributed by atoms with van der Waals surface area (Å²) in [6, 6.07) is 20.3. The van der Waals surface area contributed by atoms with Crippen molar-refractivity contribution in [3.8, 4) is 0 Å². The van der Waals surface area contributed by atoms with Crippen molar-refractivity contribution in [1.29, 1.82) is 0 Å². The minimum Gasteiger partial charge on any atom is -0.292 e. The molecule has 0 N–H and O–H groups in total. The van der Waals surface area contributed by atoms with Gasteiger partial charge in [0.1, 0.15) is 0 Å². The smallest absolute Gasteiger partial charge is 0.0604 e. The van der Waals surface area contributed by atoms with Crippen LogP contribution in [0.3, 0.4) is 0 Å². The molecule has 0 amide bonds.